The minimum Gasteiger partial charge on any atom is -0.392 e. The highest BCUT2D eigenvalue weighted by atomic mass is 16.3. The molecule has 1 aromatic carbocycles. The third kappa shape index (κ3) is 5.36. The predicted octanol–water partition coefficient (Wildman–Crippen LogP) is 1.53. The average molecular weight is 318 g/mol. The summed E-state index contributed by atoms with van der Waals surface area (Å²) in [7, 11) is 0. The Bertz CT molecular complexity index is 522. The first kappa shape index (κ1) is 17.5. The van der Waals surface area contributed by atoms with E-state index in [1.807, 2.05) is 24.3 Å². The number of rotatable bonds is 7. The van der Waals surface area contributed by atoms with Gasteiger partial charge < -0.3 is 15.7 Å². The van der Waals surface area contributed by atoms with Crippen molar-refractivity contribution < 1.29 is 14.7 Å². The second kappa shape index (κ2) is 8.67. The summed E-state index contributed by atoms with van der Waals surface area (Å²) in [5, 5.41) is 14.8. The summed E-state index contributed by atoms with van der Waals surface area (Å²) in [6, 6.07) is 7.28. The molecule has 3 N–H and O–H groups in total. The van der Waals surface area contributed by atoms with E-state index in [0.717, 1.165) is 43.2 Å². The van der Waals surface area contributed by atoms with Crippen LogP contribution in [0.25, 0.3) is 0 Å². The average Bonchev–Trinajstić information content (AvgIpc) is 3.07. The van der Waals surface area contributed by atoms with Gasteiger partial charge in [0.15, 0.2) is 0 Å². The lowest BCUT2D eigenvalue weighted by molar-refractivity contribution is -0.129. The molecule has 0 spiro atoms. The van der Waals surface area contributed by atoms with E-state index in [0.29, 0.717) is 6.54 Å². The number of amides is 2. The zero-order valence-corrected chi connectivity index (χ0v) is 13.7. The van der Waals surface area contributed by atoms with E-state index in [1.165, 1.54) is 6.92 Å². The molecule has 1 saturated carbocycles. The molecule has 0 bridgehead atoms. The predicted molar refractivity (Wildman–Crippen MR) is 88.6 cm³/mol. The highest BCUT2D eigenvalue weighted by Crippen LogP contribution is 2.27. The second-order valence-electron chi connectivity index (χ2n) is 6.24. The van der Waals surface area contributed by atoms with Crippen LogP contribution in [0.1, 0.15) is 43.7 Å². The molecule has 1 fully saturated rings. The summed E-state index contributed by atoms with van der Waals surface area (Å²) >= 11 is 0. The molecular formula is C18H26N2O3. The summed E-state index contributed by atoms with van der Waals surface area (Å²) in [6.45, 7) is 2.04. The minimum atomic E-state index is -0.410. The molecule has 5 nitrogen and oxygen atoms in total. The third-order valence-electron chi connectivity index (χ3n) is 4.43. The quantitative estimate of drug-likeness (QED) is 0.713. The Labute approximate surface area is 137 Å². The Morgan fingerprint density at radius 2 is 1.78 bits per heavy atom. The SMILES string of the molecule is CC(=O)NC(C(=O)NCCc1ccc(CO)cc1)C1CCCC1. The van der Waals surface area contributed by atoms with Crippen molar-refractivity contribution in [1.29, 1.82) is 0 Å². The molecule has 23 heavy (non-hydrogen) atoms. The lowest BCUT2D eigenvalue weighted by Crippen LogP contribution is -2.50. The van der Waals surface area contributed by atoms with Crippen LogP contribution >= 0.6 is 0 Å². The van der Waals surface area contributed by atoms with E-state index in [9.17, 15) is 9.59 Å². The fourth-order valence-electron chi connectivity index (χ4n) is 3.16. The largest absolute Gasteiger partial charge is 0.392 e. The maximum absolute atomic E-state index is 12.4. The molecule has 1 atom stereocenters. The van der Waals surface area contributed by atoms with Crippen molar-refractivity contribution >= 4 is 11.8 Å². The van der Waals surface area contributed by atoms with Gasteiger partial charge in [-0.2, -0.15) is 0 Å². The van der Waals surface area contributed by atoms with E-state index in [1.54, 1.807) is 0 Å². The smallest absolute Gasteiger partial charge is 0.242 e. The van der Waals surface area contributed by atoms with Crippen LogP contribution in [0, 0.1) is 5.92 Å². The topological polar surface area (TPSA) is 78.4 Å². The number of benzene rings is 1. The van der Waals surface area contributed by atoms with Crippen molar-refractivity contribution in [1.82, 2.24) is 10.6 Å². The van der Waals surface area contributed by atoms with Crippen molar-refractivity contribution in [2.45, 2.75) is 51.7 Å². The van der Waals surface area contributed by atoms with Gasteiger partial charge in [-0.3, -0.25) is 9.59 Å². The molecule has 0 saturated heterocycles. The van der Waals surface area contributed by atoms with Crippen molar-refractivity contribution in [3.63, 3.8) is 0 Å². The zero-order chi connectivity index (χ0) is 16.7. The molecule has 5 heteroatoms. The normalized spacial score (nSPS) is 16.1. The highest BCUT2D eigenvalue weighted by molar-refractivity contribution is 5.87. The molecule has 0 radical (unpaired) electrons. The second-order valence-corrected chi connectivity index (χ2v) is 6.24. The maximum atomic E-state index is 12.4. The lowest BCUT2D eigenvalue weighted by Gasteiger charge is -2.23. The first-order valence-corrected chi connectivity index (χ1v) is 8.33. The fourth-order valence-corrected chi connectivity index (χ4v) is 3.16. The van der Waals surface area contributed by atoms with E-state index in [2.05, 4.69) is 10.6 Å². The van der Waals surface area contributed by atoms with E-state index < -0.39 is 6.04 Å². The van der Waals surface area contributed by atoms with Crippen molar-refractivity contribution in [3.05, 3.63) is 35.4 Å². The van der Waals surface area contributed by atoms with Crippen LogP contribution in [-0.2, 0) is 22.6 Å². The number of carbonyl (C=O) groups excluding carboxylic acids is 2. The molecule has 2 amide bonds. The molecule has 0 heterocycles. The molecule has 1 unspecified atom stereocenters. The summed E-state index contributed by atoms with van der Waals surface area (Å²) in [5.41, 5.74) is 1.99. The van der Waals surface area contributed by atoms with E-state index in [-0.39, 0.29) is 24.3 Å². The summed E-state index contributed by atoms with van der Waals surface area (Å²) in [6.07, 6.45) is 4.99. The number of hydrogen-bond donors (Lipinski definition) is 3. The highest BCUT2D eigenvalue weighted by Gasteiger charge is 2.30. The molecule has 0 aromatic heterocycles. The van der Waals surface area contributed by atoms with Crippen molar-refractivity contribution in [3.8, 4) is 0 Å². The van der Waals surface area contributed by atoms with Gasteiger partial charge in [0.1, 0.15) is 6.04 Å². The molecule has 1 aliphatic rings. The van der Waals surface area contributed by atoms with Gasteiger partial charge >= 0.3 is 0 Å². The number of hydrogen-bond acceptors (Lipinski definition) is 3. The van der Waals surface area contributed by atoms with Gasteiger partial charge in [-0.1, -0.05) is 37.1 Å². The monoisotopic (exact) mass is 318 g/mol. The number of carbonyl (C=O) groups is 2. The molecule has 2 rings (SSSR count). The number of nitrogens with one attached hydrogen (secondary N) is 2. The van der Waals surface area contributed by atoms with Crippen LogP contribution in [0.15, 0.2) is 24.3 Å². The van der Waals surface area contributed by atoms with Gasteiger partial charge in [0.05, 0.1) is 6.61 Å². The Morgan fingerprint density at radius 3 is 2.35 bits per heavy atom. The molecule has 1 aliphatic carbocycles. The van der Waals surface area contributed by atoms with Crippen LogP contribution in [0.5, 0.6) is 0 Å². The van der Waals surface area contributed by atoms with Gasteiger partial charge in [-0.05, 0) is 36.3 Å². The summed E-state index contributed by atoms with van der Waals surface area (Å²) < 4.78 is 0. The first-order chi connectivity index (χ1) is 11.1. The first-order valence-electron chi connectivity index (χ1n) is 8.33. The van der Waals surface area contributed by atoms with Gasteiger partial charge in [-0.25, -0.2) is 0 Å². The van der Waals surface area contributed by atoms with Crippen LogP contribution in [0.2, 0.25) is 0 Å². The van der Waals surface area contributed by atoms with Gasteiger partial charge in [-0.15, -0.1) is 0 Å². The number of aliphatic hydroxyl groups is 1. The Kier molecular flexibility index (Phi) is 6.59. The number of aliphatic hydroxyl groups excluding tert-OH is 1. The molecule has 0 aliphatic heterocycles. The summed E-state index contributed by atoms with van der Waals surface area (Å²) in [5.74, 6) is 0.0125. The Morgan fingerprint density at radius 1 is 1.17 bits per heavy atom. The van der Waals surface area contributed by atoms with Crippen molar-refractivity contribution in [2.24, 2.45) is 5.92 Å². The van der Waals surface area contributed by atoms with Crippen LogP contribution < -0.4 is 10.6 Å². The summed E-state index contributed by atoms with van der Waals surface area (Å²) in [4.78, 5) is 23.8. The van der Waals surface area contributed by atoms with Crippen LogP contribution in [0.4, 0.5) is 0 Å². The third-order valence-corrected chi connectivity index (χ3v) is 4.43. The minimum absolute atomic E-state index is 0.0385. The van der Waals surface area contributed by atoms with Gasteiger partial charge in [0.2, 0.25) is 11.8 Å². The van der Waals surface area contributed by atoms with Crippen LogP contribution in [0.3, 0.4) is 0 Å². The van der Waals surface area contributed by atoms with Crippen LogP contribution in [-0.4, -0.2) is 29.5 Å². The molecule has 1 aromatic rings. The standard InChI is InChI=1S/C18H26N2O3/c1-13(22)20-17(16-4-2-3-5-16)18(23)19-11-10-14-6-8-15(12-21)9-7-14/h6-9,16-17,21H,2-5,10-12H2,1H3,(H,19,23)(H,20,22). The van der Waals surface area contributed by atoms with E-state index in [4.69, 9.17) is 5.11 Å². The molecular weight excluding hydrogens is 292 g/mol. The van der Waals surface area contributed by atoms with Crippen molar-refractivity contribution in [2.75, 3.05) is 6.54 Å². The Hall–Kier alpha value is -1.88. The zero-order valence-electron chi connectivity index (χ0n) is 13.7. The molecule has 126 valence electrons. The lowest BCUT2D eigenvalue weighted by atomic mass is 9.97. The fraction of sp³-hybridized carbons (Fsp3) is 0.556. The maximum Gasteiger partial charge on any atom is 0.242 e. The Balaban J connectivity index is 1.83. The van der Waals surface area contributed by atoms with E-state index >= 15 is 0 Å². The van der Waals surface area contributed by atoms with Gasteiger partial charge in [0, 0.05) is 13.5 Å². The van der Waals surface area contributed by atoms with Gasteiger partial charge in [0.25, 0.3) is 0 Å².